The number of carbonyl (C=O) groups excluding carboxylic acids is 1. The van der Waals surface area contributed by atoms with Crippen LogP contribution in [0.15, 0.2) is 36.4 Å². The number of Topliss-reactive ketones (excluding diaryl/α,β-unsaturated/α-hetero) is 1. The van der Waals surface area contributed by atoms with E-state index in [0.717, 1.165) is 12.1 Å². The Bertz CT molecular complexity index is 656. The summed E-state index contributed by atoms with van der Waals surface area (Å²) in [6.45, 7) is 1.35. The molecule has 0 unspecified atom stereocenters. The van der Waals surface area contributed by atoms with Crippen LogP contribution in [0, 0.1) is 11.6 Å². The van der Waals surface area contributed by atoms with Gasteiger partial charge in [0.1, 0.15) is 24.0 Å². The lowest BCUT2D eigenvalue weighted by Gasteiger charge is -2.09. The highest BCUT2D eigenvalue weighted by Gasteiger charge is 2.08. The summed E-state index contributed by atoms with van der Waals surface area (Å²) >= 11 is 5.97. The van der Waals surface area contributed by atoms with Crippen molar-refractivity contribution in [3.05, 3.63) is 64.2 Å². The third-order valence-corrected chi connectivity index (χ3v) is 3.03. The highest BCUT2D eigenvalue weighted by atomic mass is 35.5. The molecule has 0 N–H and O–H groups in total. The van der Waals surface area contributed by atoms with Gasteiger partial charge >= 0.3 is 0 Å². The molecule has 0 aliphatic rings. The fourth-order valence-electron chi connectivity index (χ4n) is 1.63. The first kappa shape index (κ1) is 14.5. The van der Waals surface area contributed by atoms with Crippen LogP contribution in [-0.2, 0) is 6.61 Å². The van der Waals surface area contributed by atoms with Crippen LogP contribution in [0.2, 0.25) is 5.02 Å². The van der Waals surface area contributed by atoms with E-state index in [4.69, 9.17) is 16.3 Å². The van der Waals surface area contributed by atoms with Crippen molar-refractivity contribution in [3.63, 3.8) is 0 Å². The first-order chi connectivity index (χ1) is 9.47. The Kier molecular flexibility index (Phi) is 4.35. The molecule has 5 heteroatoms. The maximum Gasteiger partial charge on any atom is 0.159 e. The first-order valence-electron chi connectivity index (χ1n) is 5.84. The van der Waals surface area contributed by atoms with Crippen LogP contribution >= 0.6 is 11.6 Å². The molecular formula is C15H11ClF2O2. The normalized spacial score (nSPS) is 10.4. The van der Waals surface area contributed by atoms with Crippen molar-refractivity contribution in [2.75, 3.05) is 0 Å². The van der Waals surface area contributed by atoms with E-state index in [1.54, 1.807) is 12.1 Å². The SMILES string of the molecule is CC(=O)c1ccc(OCc2ccc(F)cc2F)c(Cl)c1. The second-order valence-electron chi connectivity index (χ2n) is 4.23. The van der Waals surface area contributed by atoms with Crippen molar-refractivity contribution >= 4 is 17.4 Å². The molecule has 0 bridgehead atoms. The molecule has 0 aliphatic carbocycles. The Hall–Kier alpha value is -1.94. The first-order valence-corrected chi connectivity index (χ1v) is 6.22. The van der Waals surface area contributed by atoms with Gasteiger partial charge in [-0.15, -0.1) is 0 Å². The van der Waals surface area contributed by atoms with Gasteiger partial charge in [-0.2, -0.15) is 0 Å². The highest BCUT2D eigenvalue weighted by Crippen LogP contribution is 2.26. The molecule has 0 heterocycles. The number of rotatable bonds is 4. The van der Waals surface area contributed by atoms with Crippen LogP contribution in [0.1, 0.15) is 22.8 Å². The van der Waals surface area contributed by atoms with Crippen LogP contribution < -0.4 is 4.74 Å². The number of ketones is 1. The molecule has 0 atom stereocenters. The summed E-state index contributed by atoms with van der Waals surface area (Å²) in [5.74, 6) is -1.10. The van der Waals surface area contributed by atoms with Gasteiger partial charge < -0.3 is 4.74 Å². The molecule has 20 heavy (non-hydrogen) atoms. The van der Waals surface area contributed by atoms with Crippen molar-refractivity contribution in [2.24, 2.45) is 0 Å². The number of ether oxygens (including phenoxy) is 1. The van der Waals surface area contributed by atoms with E-state index in [1.807, 2.05) is 0 Å². The second kappa shape index (κ2) is 6.01. The average molecular weight is 297 g/mol. The lowest BCUT2D eigenvalue weighted by Crippen LogP contribution is -2.00. The standard InChI is InChI=1S/C15H11ClF2O2/c1-9(19)10-3-5-15(13(16)6-10)20-8-11-2-4-12(17)7-14(11)18/h2-7H,8H2,1H3. The fourth-order valence-corrected chi connectivity index (χ4v) is 1.87. The zero-order chi connectivity index (χ0) is 14.7. The van der Waals surface area contributed by atoms with Crippen molar-refractivity contribution in [1.29, 1.82) is 0 Å². The van der Waals surface area contributed by atoms with Gasteiger partial charge in [-0.3, -0.25) is 4.79 Å². The number of carbonyl (C=O) groups is 1. The quantitative estimate of drug-likeness (QED) is 0.782. The van der Waals surface area contributed by atoms with Gasteiger partial charge in [0.15, 0.2) is 5.78 Å². The molecule has 2 rings (SSSR count). The molecule has 0 aromatic heterocycles. The minimum absolute atomic E-state index is 0.0781. The lowest BCUT2D eigenvalue weighted by atomic mass is 10.1. The van der Waals surface area contributed by atoms with Gasteiger partial charge in [-0.1, -0.05) is 11.6 Å². The van der Waals surface area contributed by atoms with E-state index in [1.165, 1.54) is 19.1 Å². The van der Waals surface area contributed by atoms with E-state index in [9.17, 15) is 13.6 Å². The molecule has 0 spiro atoms. The minimum Gasteiger partial charge on any atom is -0.487 e. The summed E-state index contributed by atoms with van der Waals surface area (Å²) in [4.78, 5) is 11.2. The van der Waals surface area contributed by atoms with Gasteiger partial charge in [0.2, 0.25) is 0 Å². The van der Waals surface area contributed by atoms with Crippen molar-refractivity contribution in [3.8, 4) is 5.75 Å². The Morgan fingerprint density at radius 1 is 1.20 bits per heavy atom. The largest absolute Gasteiger partial charge is 0.487 e. The Morgan fingerprint density at radius 2 is 1.95 bits per heavy atom. The highest BCUT2D eigenvalue weighted by molar-refractivity contribution is 6.32. The number of halogens is 3. The van der Waals surface area contributed by atoms with Crippen LogP contribution in [0.3, 0.4) is 0 Å². The van der Waals surface area contributed by atoms with Crippen molar-refractivity contribution < 1.29 is 18.3 Å². The third kappa shape index (κ3) is 3.33. The minimum atomic E-state index is -0.679. The van der Waals surface area contributed by atoms with Gasteiger partial charge in [-0.25, -0.2) is 8.78 Å². The zero-order valence-electron chi connectivity index (χ0n) is 10.6. The van der Waals surface area contributed by atoms with Crippen LogP contribution in [0.25, 0.3) is 0 Å². The second-order valence-corrected chi connectivity index (χ2v) is 4.63. The van der Waals surface area contributed by atoms with Crippen LogP contribution in [-0.4, -0.2) is 5.78 Å². The maximum absolute atomic E-state index is 13.4. The van der Waals surface area contributed by atoms with E-state index in [2.05, 4.69) is 0 Å². The molecule has 0 saturated carbocycles. The van der Waals surface area contributed by atoms with Gasteiger partial charge in [0.25, 0.3) is 0 Å². The summed E-state index contributed by atoms with van der Waals surface area (Å²) in [7, 11) is 0. The van der Waals surface area contributed by atoms with Gasteiger partial charge in [0.05, 0.1) is 5.02 Å². The van der Waals surface area contributed by atoms with Gasteiger partial charge in [-0.05, 0) is 37.3 Å². The summed E-state index contributed by atoms with van der Waals surface area (Å²) in [6, 6.07) is 7.86. The third-order valence-electron chi connectivity index (χ3n) is 2.74. The Balaban J connectivity index is 2.13. The van der Waals surface area contributed by atoms with E-state index in [-0.39, 0.29) is 23.0 Å². The molecule has 0 radical (unpaired) electrons. The summed E-state index contributed by atoms with van der Waals surface area (Å²) in [6.07, 6.45) is 0. The lowest BCUT2D eigenvalue weighted by molar-refractivity contribution is 0.101. The van der Waals surface area contributed by atoms with Crippen LogP contribution in [0.5, 0.6) is 5.75 Å². The average Bonchev–Trinajstić information content (AvgIpc) is 2.38. The fraction of sp³-hybridized carbons (Fsp3) is 0.133. The molecular weight excluding hydrogens is 286 g/mol. The monoisotopic (exact) mass is 296 g/mol. The van der Waals surface area contributed by atoms with Crippen molar-refractivity contribution in [1.82, 2.24) is 0 Å². The summed E-state index contributed by atoms with van der Waals surface area (Å²) in [5.41, 5.74) is 0.688. The van der Waals surface area contributed by atoms with Crippen LogP contribution in [0.4, 0.5) is 8.78 Å². The van der Waals surface area contributed by atoms with E-state index < -0.39 is 11.6 Å². The summed E-state index contributed by atoms with van der Waals surface area (Å²) in [5, 5.41) is 0.264. The predicted octanol–water partition coefficient (Wildman–Crippen LogP) is 4.40. The Morgan fingerprint density at radius 3 is 2.55 bits per heavy atom. The molecule has 0 amide bonds. The topological polar surface area (TPSA) is 26.3 Å². The van der Waals surface area contributed by atoms with E-state index >= 15 is 0 Å². The molecule has 0 fully saturated rings. The molecule has 104 valence electrons. The number of hydrogen-bond donors (Lipinski definition) is 0. The molecule has 2 aromatic carbocycles. The van der Waals surface area contributed by atoms with E-state index in [0.29, 0.717) is 11.3 Å². The molecule has 0 aliphatic heterocycles. The smallest absolute Gasteiger partial charge is 0.159 e. The Labute approximate surface area is 119 Å². The van der Waals surface area contributed by atoms with Crippen molar-refractivity contribution in [2.45, 2.75) is 13.5 Å². The predicted molar refractivity (Wildman–Crippen MR) is 72.1 cm³/mol. The van der Waals surface area contributed by atoms with Gasteiger partial charge in [0, 0.05) is 17.2 Å². The maximum atomic E-state index is 13.4. The molecule has 2 aromatic rings. The molecule has 2 nitrogen and oxygen atoms in total. The number of hydrogen-bond acceptors (Lipinski definition) is 2. The number of benzene rings is 2. The molecule has 0 saturated heterocycles. The zero-order valence-corrected chi connectivity index (χ0v) is 11.4. The summed E-state index contributed by atoms with van der Waals surface area (Å²) < 4.78 is 31.6.